The summed E-state index contributed by atoms with van der Waals surface area (Å²) in [5.41, 5.74) is 1.42. The second kappa shape index (κ2) is 12.6. The first-order chi connectivity index (χ1) is 19.8. The smallest absolute Gasteiger partial charge is 0.390 e. The number of fused-ring (bicyclic) bond motifs is 1. The van der Waals surface area contributed by atoms with Crippen LogP contribution < -0.4 is 14.8 Å². The summed E-state index contributed by atoms with van der Waals surface area (Å²) in [5.74, 6) is -0.932. The van der Waals surface area contributed by atoms with Crippen LogP contribution in [0.5, 0.6) is 5.88 Å². The molecule has 9 nitrogen and oxygen atoms in total. The van der Waals surface area contributed by atoms with Gasteiger partial charge in [-0.2, -0.15) is 13.2 Å². The van der Waals surface area contributed by atoms with Crippen LogP contribution in [0.15, 0.2) is 60.9 Å². The Bertz CT molecular complexity index is 1530. The lowest BCUT2D eigenvalue weighted by Crippen LogP contribution is -2.33. The summed E-state index contributed by atoms with van der Waals surface area (Å²) in [6.45, 7) is 0.942. The van der Waals surface area contributed by atoms with E-state index in [9.17, 15) is 22.8 Å². The van der Waals surface area contributed by atoms with E-state index in [4.69, 9.17) is 4.18 Å². The van der Waals surface area contributed by atoms with Gasteiger partial charge in [-0.25, -0.2) is 9.67 Å². The fourth-order valence-electron chi connectivity index (χ4n) is 4.42. The fraction of sp³-hybridized carbons (Fsp3) is 0.321. The number of hydrogen-bond donors (Lipinski definition) is 2. The van der Waals surface area contributed by atoms with Crippen LogP contribution in [0.3, 0.4) is 0 Å². The molecule has 1 aliphatic rings. The maximum Gasteiger partial charge on any atom is 0.390 e. The number of nitrogens with one attached hydrogen (secondary N) is 2. The van der Waals surface area contributed by atoms with Gasteiger partial charge in [0.05, 0.1) is 36.9 Å². The van der Waals surface area contributed by atoms with Gasteiger partial charge in [0, 0.05) is 30.1 Å². The Morgan fingerprint density at radius 1 is 1.05 bits per heavy atom. The van der Waals surface area contributed by atoms with Gasteiger partial charge in [0.25, 0.3) is 11.8 Å². The van der Waals surface area contributed by atoms with Gasteiger partial charge in [-0.05, 0) is 47.2 Å². The second-order valence-electron chi connectivity index (χ2n) is 9.70. The zero-order valence-corrected chi connectivity index (χ0v) is 22.7. The van der Waals surface area contributed by atoms with E-state index in [0.717, 1.165) is 30.2 Å². The Labute approximate surface area is 238 Å². The SMILES string of the molecule is O=C(NCC1CCC1)c1nc(OSCCC(F)(F)F)ccc1NC(=O)c1ccc(Cn2ccnn2)c2ccccc12. The van der Waals surface area contributed by atoms with Crippen molar-refractivity contribution in [1.29, 1.82) is 0 Å². The van der Waals surface area contributed by atoms with Gasteiger partial charge in [0.2, 0.25) is 5.88 Å². The molecule has 2 N–H and O–H groups in total. The van der Waals surface area contributed by atoms with E-state index in [-0.39, 0.29) is 23.0 Å². The number of alkyl halides is 3. The molecule has 214 valence electrons. The number of carbonyl (C=O) groups excluding carboxylic acids is 2. The van der Waals surface area contributed by atoms with Crippen molar-refractivity contribution in [3.05, 3.63) is 77.7 Å². The van der Waals surface area contributed by atoms with E-state index in [1.54, 1.807) is 23.1 Å². The zero-order valence-electron chi connectivity index (χ0n) is 21.9. The van der Waals surface area contributed by atoms with Crippen LogP contribution in [0, 0.1) is 5.92 Å². The van der Waals surface area contributed by atoms with Crippen molar-refractivity contribution in [2.45, 2.75) is 38.4 Å². The number of nitrogens with zero attached hydrogens (tertiary/aromatic N) is 4. The van der Waals surface area contributed by atoms with Crippen molar-refractivity contribution >= 4 is 40.3 Å². The van der Waals surface area contributed by atoms with Crippen molar-refractivity contribution in [3.8, 4) is 5.88 Å². The largest absolute Gasteiger partial charge is 0.406 e. The predicted molar refractivity (Wildman–Crippen MR) is 149 cm³/mol. The van der Waals surface area contributed by atoms with Gasteiger partial charge >= 0.3 is 6.18 Å². The molecule has 1 fully saturated rings. The molecule has 0 spiro atoms. The van der Waals surface area contributed by atoms with Crippen LogP contribution in [-0.2, 0) is 6.54 Å². The molecule has 0 radical (unpaired) electrons. The molecule has 1 aliphatic carbocycles. The molecule has 13 heteroatoms. The molecule has 0 atom stereocenters. The van der Waals surface area contributed by atoms with Crippen LogP contribution in [0.2, 0.25) is 0 Å². The highest BCUT2D eigenvalue weighted by Crippen LogP contribution is 2.28. The first kappa shape index (κ1) is 28.4. The molecular formula is C28H27F3N6O3S. The lowest BCUT2D eigenvalue weighted by molar-refractivity contribution is -0.129. The number of carbonyl (C=O) groups is 2. The molecule has 0 bridgehead atoms. The van der Waals surface area contributed by atoms with E-state index in [1.807, 2.05) is 30.3 Å². The Balaban J connectivity index is 1.37. The number of anilines is 1. The second-order valence-corrected chi connectivity index (χ2v) is 10.5. The minimum Gasteiger partial charge on any atom is -0.406 e. The average molecular weight is 585 g/mol. The summed E-state index contributed by atoms with van der Waals surface area (Å²) < 4.78 is 44.4. The van der Waals surface area contributed by atoms with Gasteiger partial charge in [0.1, 0.15) is 0 Å². The number of aromatic nitrogens is 4. The number of benzene rings is 2. The van der Waals surface area contributed by atoms with E-state index in [2.05, 4.69) is 25.9 Å². The lowest BCUT2D eigenvalue weighted by atomic mass is 9.85. The van der Waals surface area contributed by atoms with Crippen molar-refractivity contribution in [1.82, 2.24) is 25.3 Å². The summed E-state index contributed by atoms with van der Waals surface area (Å²) in [6, 6.07) is 13.9. The van der Waals surface area contributed by atoms with Gasteiger partial charge < -0.3 is 14.8 Å². The number of hydrogen-bond acceptors (Lipinski definition) is 7. The molecule has 0 unspecified atom stereocenters. The zero-order chi connectivity index (χ0) is 28.8. The molecule has 2 aromatic heterocycles. The molecule has 2 aromatic carbocycles. The van der Waals surface area contributed by atoms with Crippen LogP contribution >= 0.6 is 12.0 Å². The molecular weight excluding hydrogens is 557 g/mol. The van der Waals surface area contributed by atoms with E-state index in [0.29, 0.717) is 42.0 Å². The molecule has 0 saturated heterocycles. The number of halogens is 3. The number of rotatable bonds is 11. The molecule has 1 saturated carbocycles. The van der Waals surface area contributed by atoms with Crippen molar-refractivity contribution < 1.29 is 26.9 Å². The normalized spacial score (nSPS) is 13.5. The van der Waals surface area contributed by atoms with Crippen LogP contribution in [0.4, 0.5) is 18.9 Å². The van der Waals surface area contributed by atoms with Gasteiger partial charge in [0.15, 0.2) is 5.69 Å². The maximum atomic E-state index is 13.5. The summed E-state index contributed by atoms with van der Waals surface area (Å²) >= 11 is 0.593. The monoisotopic (exact) mass is 584 g/mol. The lowest BCUT2D eigenvalue weighted by Gasteiger charge is -2.25. The van der Waals surface area contributed by atoms with E-state index >= 15 is 0 Å². The Hall–Kier alpha value is -4.13. The third kappa shape index (κ3) is 7.34. The quantitative estimate of drug-likeness (QED) is 0.174. The van der Waals surface area contributed by atoms with Crippen LogP contribution in [-0.4, -0.2) is 50.3 Å². The van der Waals surface area contributed by atoms with Gasteiger partial charge in [-0.1, -0.05) is 42.0 Å². The predicted octanol–water partition coefficient (Wildman–Crippen LogP) is 5.64. The summed E-state index contributed by atoms with van der Waals surface area (Å²) in [6.07, 6.45) is 1.18. The highest BCUT2D eigenvalue weighted by Gasteiger charge is 2.27. The first-order valence-electron chi connectivity index (χ1n) is 13.1. The standard InChI is InChI=1S/C28H27F3N6O3S/c29-28(30,31)12-15-41-40-24-11-10-23(25(35-24)27(39)32-16-18-4-3-5-18)34-26(38)22-9-8-19(17-37-14-13-33-36-37)20-6-1-2-7-21(20)22/h1-2,6-11,13-14,18H,3-5,12,15-17H2,(H,32,39)(H,34,38). The van der Waals surface area contributed by atoms with Crippen LogP contribution in [0.1, 0.15) is 52.1 Å². The Morgan fingerprint density at radius 3 is 2.56 bits per heavy atom. The van der Waals surface area contributed by atoms with E-state index < -0.39 is 24.4 Å². The highest BCUT2D eigenvalue weighted by molar-refractivity contribution is 7.95. The third-order valence-electron chi connectivity index (χ3n) is 6.79. The molecule has 2 amide bonds. The molecule has 0 aliphatic heterocycles. The van der Waals surface area contributed by atoms with Crippen molar-refractivity contribution in [2.75, 3.05) is 17.6 Å². The van der Waals surface area contributed by atoms with Crippen molar-refractivity contribution in [3.63, 3.8) is 0 Å². The third-order valence-corrected chi connectivity index (χ3v) is 7.44. The van der Waals surface area contributed by atoms with Gasteiger partial charge in [-0.3, -0.25) is 9.59 Å². The fourth-order valence-corrected chi connectivity index (χ4v) is 5.03. The highest BCUT2D eigenvalue weighted by atomic mass is 32.2. The molecule has 2 heterocycles. The minimum absolute atomic E-state index is 0.0353. The summed E-state index contributed by atoms with van der Waals surface area (Å²) in [7, 11) is 0. The molecule has 4 aromatic rings. The molecule has 41 heavy (non-hydrogen) atoms. The molecule has 5 rings (SSSR count). The summed E-state index contributed by atoms with van der Waals surface area (Å²) in [4.78, 5) is 30.8. The summed E-state index contributed by atoms with van der Waals surface area (Å²) in [5, 5.41) is 15.1. The average Bonchev–Trinajstić information content (AvgIpc) is 3.43. The Morgan fingerprint density at radius 2 is 1.85 bits per heavy atom. The van der Waals surface area contributed by atoms with Crippen molar-refractivity contribution in [2.24, 2.45) is 5.92 Å². The van der Waals surface area contributed by atoms with Gasteiger partial charge in [-0.15, -0.1) is 5.10 Å². The van der Waals surface area contributed by atoms with Crippen LogP contribution in [0.25, 0.3) is 10.8 Å². The number of amides is 2. The maximum absolute atomic E-state index is 13.5. The number of pyridine rings is 1. The van der Waals surface area contributed by atoms with E-state index in [1.165, 1.54) is 12.1 Å². The first-order valence-corrected chi connectivity index (χ1v) is 14.0. The topological polar surface area (TPSA) is 111 Å². The Kier molecular flexibility index (Phi) is 8.72. The minimum atomic E-state index is -4.30.